The van der Waals surface area contributed by atoms with E-state index in [9.17, 15) is 30.3 Å². The van der Waals surface area contributed by atoms with Crippen LogP contribution in [-0.2, 0) is 4.79 Å². The first-order valence-electron chi connectivity index (χ1n) is 16.4. The van der Waals surface area contributed by atoms with E-state index in [4.69, 9.17) is 22.2 Å². The number of carbonyl (C=O) groups is 1. The molecule has 0 saturated carbocycles. The van der Waals surface area contributed by atoms with Gasteiger partial charge in [0.2, 0.25) is 23.2 Å². The number of ketones is 1. The highest BCUT2D eigenvalue weighted by atomic mass is 16.3. The minimum Gasteiger partial charge on any atom is -0.507 e. The van der Waals surface area contributed by atoms with Crippen molar-refractivity contribution in [3.05, 3.63) is 58.3 Å². The number of amidine groups is 2. The predicted octanol–water partition coefficient (Wildman–Crippen LogP) is 4.81. The lowest BCUT2D eigenvalue weighted by atomic mass is 9.78. The maximum Gasteiger partial charge on any atom is 0.249 e. The number of nitrogens with two attached hydrogens (primary N) is 2. The van der Waals surface area contributed by atoms with Crippen LogP contribution in [-0.4, -0.2) is 66.4 Å². The number of benzene rings is 1. The van der Waals surface area contributed by atoms with Crippen LogP contribution in [0.4, 0.5) is 5.69 Å². The largest absolute Gasteiger partial charge is 0.507 e. The quantitative estimate of drug-likeness (QED) is 0.0196. The molecule has 0 bridgehead atoms. The van der Waals surface area contributed by atoms with Crippen LogP contribution in [0, 0.1) is 46.3 Å². The number of phenolic OH excluding ortho intramolecular Hbond substituents is 2. The second-order valence-corrected chi connectivity index (χ2v) is 10.8. The zero-order chi connectivity index (χ0) is 42.5. The highest BCUT2D eigenvalue weighted by Gasteiger charge is 2.42. The van der Waals surface area contributed by atoms with Gasteiger partial charge in [0.15, 0.2) is 12.1 Å². The lowest BCUT2D eigenvalue weighted by Crippen LogP contribution is -2.27. The first kappa shape index (κ1) is 43.4. The molecule has 26 nitrogen and oxygen atoms in total. The van der Waals surface area contributed by atoms with Gasteiger partial charge in [-0.3, -0.25) is 4.79 Å². The number of aliphatic hydroxyl groups is 3. The molecule has 2 aliphatic rings. The van der Waals surface area contributed by atoms with Crippen molar-refractivity contribution < 1.29 is 34.9 Å². The Kier molecular flexibility index (Phi) is 16.6. The summed E-state index contributed by atoms with van der Waals surface area (Å²) in [6, 6.07) is 4.82. The molecule has 0 fully saturated rings. The topological polar surface area (TPSA) is 397 Å². The van der Waals surface area contributed by atoms with Crippen molar-refractivity contribution in [1.29, 1.82) is 10.5 Å². The van der Waals surface area contributed by atoms with Gasteiger partial charge in [-0.05, 0) is 53.6 Å². The summed E-state index contributed by atoms with van der Waals surface area (Å²) < 4.78 is 1.99. The van der Waals surface area contributed by atoms with Gasteiger partial charge in [-0.2, -0.15) is 10.5 Å². The van der Waals surface area contributed by atoms with E-state index in [1.165, 1.54) is 24.3 Å². The third-order valence-corrected chi connectivity index (χ3v) is 7.21. The molecule has 26 heteroatoms. The number of allylic oxidation sites excluding steroid dienone is 4. The summed E-state index contributed by atoms with van der Waals surface area (Å²) in [5.41, 5.74) is -1.84. The number of aromatic hydroxyl groups is 2. The van der Waals surface area contributed by atoms with Crippen LogP contribution in [0.25, 0.3) is 5.57 Å². The van der Waals surface area contributed by atoms with Gasteiger partial charge in [0.25, 0.3) is 0 Å². The van der Waals surface area contributed by atoms with Gasteiger partial charge in [0.05, 0.1) is 40.1 Å². The summed E-state index contributed by atoms with van der Waals surface area (Å²) in [5, 5.41) is 120. The normalized spacial score (nSPS) is 14.8. The first-order valence-corrected chi connectivity index (χ1v) is 16.4. The first-order chi connectivity index (χ1) is 28.1. The fourth-order valence-electron chi connectivity index (χ4n) is 4.81. The van der Waals surface area contributed by atoms with E-state index in [0.717, 1.165) is 37.8 Å². The molecule has 0 radical (unpaired) electrons. The number of aliphatic hydroxyl groups excluding tert-OH is 3. The molecule has 9 N–H and O–H groups in total. The number of hydrazone groups is 2. The summed E-state index contributed by atoms with van der Waals surface area (Å²) in [5.74, 6) is 12.4. The number of hydrogen-bond donors (Lipinski definition) is 7. The lowest BCUT2D eigenvalue weighted by Gasteiger charge is -2.26. The second kappa shape index (κ2) is 22.2. The summed E-state index contributed by atoms with van der Waals surface area (Å²) in [6.45, 7) is 5.38. The van der Waals surface area contributed by atoms with Crippen LogP contribution in [0.2, 0.25) is 0 Å². The second-order valence-electron chi connectivity index (χ2n) is 10.8. The number of Topliss-reactive ketones (excluding diaryl/α,β-unsaturated/α-hetero) is 1. The van der Waals surface area contributed by atoms with Crippen molar-refractivity contribution in [2.45, 2.75) is 39.5 Å². The minimum absolute atomic E-state index is 0.358. The average molecular weight is 792 g/mol. The SMILES string of the molecule is CCCC[N+](CCCC)=C1C=C(O)C(=C2C(=O)C(c3c(O)cc(N(/N=C(C#CC#N)/N=N/N=N/N=N/N)/N=C(C#CC#N)/N=N/N=N/N=N/N)cc3O)=C2O)C(O)=C1. The molecule has 0 aliphatic heterocycles. The Balaban J connectivity index is 2.24. The van der Waals surface area contributed by atoms with Crippen LogP contribution < -0.4 is 16.8 Å². The van der Waals surface area contributed by atoms with Crippen LogP contribution in [0.1, 0.15) is 45.1 Å². The van der Waals surface area contributed by atoms with Crippen molar-refractivity contribution in [3.63, 3.8) is 0 Å². The molecule has 0 heterocycles. The highest BCUT2D eigenvalue weighted by molar-refractivity contribution is 6.40. The molecule has 1 aromatic rings. The number of phenols is 2. The number of nitriles is 2. The molecule has 0 unspecified atom stereocenters. The van der Waals surface area contributed by atoms with Gasteiger partial charge in [-0.25, -0.2) is 4.58 Å². The molecular weight excluding hydrogens is 760 g/mol. The molecule has 294 valence electrons. The fourth-order valence-corrected chi connectivity index (χ4v) is 4.81. The number of unbranched alkanes of at least 4 members (excludes halogenated alkanes) is 2. The van der Waals surface area contributed by atoms with Gasteiger partial charge < -0.3 is 37.2 Å². The Hall–Kier alpha value is -9.04. The van der Waals surface area contributed by atoms with Crippen LogP contribution in [0.3, 0.4) is 0 Å². The number of hydrogen-bond acceptors (Lipinski definition) is 13. The molecule has 2 aliphatic carbocycles. The maximum absolute atomic E-state index is 13.6. The Bertz CT molecular complexity index is 2280. The monoisotopic (exact) mass is 791 g/mol. The molecule has 0 saturated heterocycles. The third kappa shape index (κ3) is 11.5. The average Bonchev–Trinajstić information content (AvgIpc) is 3.20. The molecule has 0 aromatic heterocycles. The summed E-state index contributed by atoms with van der Waals surface area (Å²) in [4.78, 5) is 13.6. The molecule has 1 aromatic carbocycles. The Labute approximate surface area is 327 Å². The molecule has 0 amide bonds. The molecule has 58 heavy (non-hydrogen) atoms. The Morgan fingerprint density at radius 1 is 0.707 bits per heavy atom. The maximum atomic E-state index is 13.6. The van der Waals surface area contributed by atoms with E-state index < -0.39 is 62.9 Å². The van der Waals surface area contributed by atoms with Crippen molar-refractivity contribution in [2.75, 3.05) is 18.2 Å². The van der Waals surface area contributed by atoms with E-state index in [1.807, 2.05) is 30.3 Å². The Morgan fingerprint density at radius 2 is 1.17 bits per heavy atom. The van der Waals surface area contributed by atoms with E-state index in [1.54, 1.807) is 0 Å². The van der Waals surface area contributed by atoms with E-state index in [0.29, 0.717) is 23.9 Å². The van der Waals surface area contributed by atoms with Crippen LogP contribution in [0.15, 0.2) is 125 Å². The van der Waals surface area contributed by atoms with Crippen molar-refractivity contribution >= 4 is 34.4 Å². The Morgan fingerprint density at radius 3 is 1.59 bits per heavy atom. The lowest BCUT2D eigenvalue weighted by molar-refractivity contribution is -0.527. The van der Waals surface area contributed by atoms with Gasteiger partial charge in [-0.1, -0.05) is 47.4 Å². The minimum atomic E-state index is -0.952. The third-order valence-electron chi connectivity index (χ3n) is 7.21. The number of carbonyl (C=O) groups excluding carboxylic acids is 1. The summed E-state index contributed by atoms with van der Waals surface area (Å²) >= 11 is 0. The zero-order valence-corrected chi connectivity index (χ0v) is 30.4. The van der Waals surface area contributed by atoms with Gasteiger partial charge >= 0.3 is 0 Å². The van der Waals surface area contributed by atoms with Gasteiger partial charge in [-0.15, -0.1) is 15.3 Å². The van der Waals surface area contributed by atoms with E-state index in [2.05, 4.69) is 84.5 Å². The molecule has 0 atom stereocenters. The van der Waals surface area contributed by atoms with Crippen molar-refractivity contribution in [2.24, 2.45) is 84.3 Å². The summed E-state index contributed by atoms with van der Waals surface area (Å²) in [7, 11) is 0. The summed E-state index contributed by atoms with van der Waals surface area (Å²) in [6.07, 6.45) is 6.28. The standard InChI is InChI=1S/C32H30N20O6/c1-3-5-13-51(14-6-4-2)19-15-21(53)27(22(54)16-19)29-31(57)30(32(29)58)28-23(55)17-20(18-24(28)56)52(39-25(9-7-11-33)37-43-47-49-45-41-35)40-26(10-8-12-34)38-44-48-50-46-42-36/h15-18H,3-6,13-14H2,1-2H3,(H8,35,36,37,38,39,40,41,42,43,44,45,46,47,48,49,50,53,54,55,56,57,58)/p+1. The van der Waals surface area contributed by atoms with E-state index >= 15 is 0 Å². The highest BCUT2D eigenvalue weighted by Crippen LogP contribution is 2.48. The zero-order valence-electron chi connectivity index (χ0n) is 30.4. The molecular formula is C32H31N20O6+. The smallest absolute Gasteiger partial charge is 0.249 e. The fraction of sp³-hybridized carbons (Fsp3) is 0.250. The predicted molar refractivity (Wildman–Crippen MR) is 199 cm³/mol. The van der Waals surface area contributed by atoms with E-state index in [-0.39, 0.29) is 11.3 Å². The van der Waals surface area contributed by atoms with Gasteiger partial charge in [0, 0.05) is 36.8 Å². The van der Waals surface area contributed by atoms with Crippen molar-refractivity contribution in [3.8, 4) is 47.3 Å². The van der Waals surface area contributed by atoms with Crippen LogP contribution in [0.5, 0.6) is 11.5 Å². The molecule has 3 rings (SSSR count). The molecule has 0 spiro atoms. The number of anilines is 1. The number of nitrogens with zero attached hydrogens (tertiary/aromatic N) is 18. The van der Waals surface area contributed by atoms with Gasteiger partial charge in [0.1, 0.15) is 41.9 Å². The number of rotatable bonds is 14. The van der Waals surface area contributed by atoms with Crippen molar-refractivity contribution in [1.82, 2.24) is 0 Å². The van der Waals surface area contributed by atoms with Crippen LogP contribution >= 0.6 is 0 Å².